The summed E-state index contributed by atoms with van der Waals surface area (Å²) in [7, 11) is 1.62. The molecule has 2 heterocycles. The second kappa shape index (κ2) is 8.89. The topological polar surface area (TPSA) is 81.7 Å². The quantitative estimate of drug-likeness (QED) is 0.583. The Bertz CT molecular complexity index is 1050. The normalized spacial score (nSPS) is 11.0. The summed E-state index contributed by atoms with van der Waals surface area (Å²) in [6.07, 6.45) is 1.95. The minimum atomic E-state index is -0.355. The minimum Gasteiger partial charge on any atom is -0.497 e. The van der Waals surface area contributed by atoms with Gasteiger partial charge in [-0.15, -0.1) is 5.10 Å². The van der Waals surface area contributed by atoms with Crippen LogP contribution in [0, 0.1) is 6.92 Å². The summed E-state index contributed by atoms with van der Waals surface area (Å²) in [5, 5.41) is 4.38. The molecule has 29 heavy (non-hydrogen) atoms. The lowest BCUT2D eigenvalue weighted by molar-refractivity contribution is -0.132. The maximum Gasteiger partial charge on any atom is 0.352 e. The van der Waals surface area contributed by atoms with Gasteiger partial charge in [0.25, 0.3) is 0 Å². The Morgan fingerprint density at radius 1 is 1.21 bits per heavy atom. The van der Waals surface area contributed by atoms with Crippen molar-refractivity contribution in [1.29, 1.82) is 0 Å². The number of benzene rings is 1. The number of ether oxygens (including phenoxy) is 1. The smallest absolute Gasteiger partial charge is 0.352 e. The average Bonchev–Trinajstić information content (AvgIpc) is 3.04. The first-order valence-corrected chi connectivity index (χ1v) is 9.87. The van der Waals surface area contributed by atoms with E-state index in [4.69, 9.17) is 4.74 Å². The highest BCUT2D eigenvalue weighted by Crippen LogP contribution is 2.21. The Hall–Kier alpha value is -3.16. The van der Waals surface area contributed by atoms with Crippen LogP contribution in [0.5, 0.6) is 5.75 Å². The van der Waals surface area contributed by atoms with Crippen LogP contribution < -0.4 is 10.4 Å². The molecule has 8 nitrogen and oxygen atoms in total. The highest BCUT2D eigenvalue weighted by Gasteiger charge is 2.17. The molecule has 2 aromatic heterocycles. The van der Waals surface area contributed by atoms with Gasteiger partial charge in [-0.25, -0.2) is 18.9 Å². The van der Waals surface area contributed by atoms with Crippen LogP contribution in [0.4, 0.5) is 0 Å². The molecule has 0 atom stereocenters. The molecule has 8 heteroatoms. The molecule has 0 aliphatic carbocycles. The summed E-state index contributed by atoms with van der Waals surface area (Å²) >= 11 is 0. The summed E-state index contributed by atoms with van der Waals surface area (Å²) in [5.74, 6) is 1.18. The number of fused-ring (bicyclic) bond motifs is 1. The second-order valence-corrected chi connectivity index (χ2v) is 6.88. The van der Waals surface area contributed by atoms with E-state index in [1.165, 1.54) is 9.08 Å². The molecule has 0 aliphatic heterocycles. The summed E-state index contributed by atoms with van der Waals surface area (Å²) in [5.41, 5.74) is 1.72. The largest absolute Gasteiger partial charge is 0.497 e. The SMILES string of the molecule is CCCCN(CC)C(=O)Cn1nc2cc(-c3ccc(OC)cc3)nc(C)n2c1=O. The molecule has 0 N–H and O–H groups in total. The second-order valence-electron chi connectivity index (χ2n) is 6.88. The van der Waals surface area contributed by atoms with Crippen molar-refractivity contribution >= 4 is 11.6 Å². The predicted octanol–water partition coefficient (Wildman–Crippen LogP) is 2.52. The molecule has 0 bridgehead atoms. The van der Waals surface area contributed by atoms with E-state index in [0.29, 0.717) is 30.3 Å². The fourth-order valence-corrected chi connectivity index (χ4v) is 3.25. The predicted molar refractivity (Wildman–Crippen MR) is 111 cm³/mol. The maximum absolute atomic E-state index is 12.8. The lowest BCUT2D eigenvalue weighted by atomic mass is 10.1. The van der Waals surface area contributed by atoms with Crippen LogP contribution in [0.2, 0.25) is 0 Å². The zero-order valence-electron chi connectivity index (χ0n) is 17.4. The van der Waals surface area contributed by atoms with Crippen molar-refractivity contribution in [2.75, 3.05) is 20.2 Å². The Balaban J connectivity index is 1.93. The van der Waals surface area contributed by atoms with Crippen molar-refractivity contribution in [2.24, 2.45) is 0 Å². The number of methoxy groups -OCH3 is 1. The molecule has 0 saturated heterocycles. The van der Waals surface area contributed by atoms with Crippen LogP contribution >= 0.6 is 0 Å². The number of aromatic nitrogens is 4. The molecule has 0 unspecified atom stereocenters. The van der Waals surface area contributed by atoms with Gasteiger partial charge in [0.05, 0.1) is 12.8 Å². The molecule has 3 aromatic rings. The molecule has 0 spiro atoms. The summed E-state index contributed by atoms with van der Waals surface area (Å²) in [6.45, 7) is 7.01. The number of nitrogens with zero attached hydrogens (tertiary/aromatic N) is 5. The molecule has 154 valence electrons. The van der Waals surface area contributed by atoms with Gasteiger partial charge < -0.3 is 9.64 Å². The molecule has 1 amide bonds. The van der Waals surface area contributed by atoms with Gasteiger partial charge >= 0.3 is 5.69 Å². The minimum absolute atomic E-state index is 0.0740. The average molecular weight is 397 g/mol. The lowest BCUT2D eigenvalue weighted by Gasteiger charge is -2.20. The molecule has 0 fully saturated rings. The highest BCUT2D eigenvalue weighted by molar-refractivity contribution is 5.76. The van der Waals surface area contributed by atoms with Gasteiger partial charge in [-0.2, -0.15) is 0 Å². The van der Waals surface area contributed by atoms with Crippen molar-refractivity contribution < 1.29 is 9.53 Å². The van der Waals surface area contributed by atoms with Crippen molar-refractivity contribution in [3.05, 3.63) is 46.6 Å². The summed E-state index contributed by atoms with van der Waals surface area (Å²) in [4.78, 5) is 31.7. The van der Waals surface area contributed by atoms with Gasteiger partial charge in [-0.1, -0.05) is 13.3 Å². The van der Waals surface area contributed by atoms with Crippen molar-refractivity contribution in [3.8, 4) is 17.0 Å². The number of rotatable bonds is 8. The van der Waals surface area contributed by atoms with E-state index in [1.807, 2.05) is 31.2 Å². The first-order chi connectivity index (χ1) is 14.0. The number of unbranched alkanes of at least 4 members (excludes halogenated alkanes) is 1. The van der Waals surface area contributed by atoms with Gasteiger partial charge in [0.15, 0.2) is 5.65 Å². The standard InChI is InChI=1S/C21H27N5O3/c1-5-7-12-24(6-2)20(27)14-25-21(28)26-15(3)22-18(13-19(26)23-25)16-8-10-17(29-4)11-9-16/h8-11,13H,5-7,12,14H2,1-4H3. The van der Waals surface area contributed by atoms with Gasteiger partial charge in [0.1, 0.15) is 18.1 Å². The number of likely N-dealkylation sites (N-methyl/N-ethyl adjacent to an activating group) is 1. The van der Waals surface area contributed by atoms with Gasteiger partial charge in [0.2, 0.25) is 5.91 Å². The van der Waals surface area contributed by atoms with Crippen molar-refractivity contribution in [1.82, 2.24) is 24.1 Å². The molecular formula is C21H27N5O3. The van der Waals surface area contributed by atoms with Crippen LogP contribution in [0.3, 0.4) is 0 Å². The lowest BCUT2D eigenvalue weighted by Crippen LogP contribution is -2.37. The Morgan fingerprint density at radius 2 is 1.93 bits per heavy atom. The van der Waals surface area contributed by atoms with E-state index in [9.17, 15) is 9.59 Å². The van der Waals surface area contributed by atoms with E-state index >= 15 is 0 Å². The van der Waals surface area contributed by atoms with E-state index in [2.05, 4.69) is 17.0 Å². The molecule has 3 rings (SSSR count). The number of amides is 1. The van der Waals surface area contributed by atoms with Crippen LogP contribution in [-0.2, 0) is 11.3 Å². The first-order valence-electron chi connectivity index (χ1n) is 9.87. The molecule has 1 aromatic carbocycles. The fraction of sp³-hybridized carbons (Fsp3) is 0.429. The summed E-state index contributed by atoms with van der Waals surface area (Å²) in [6, 6.07) is 9.28. The van der Waals surface area contributed by atoms with E-state index in [-0.39, 0.29) is 18.1 Å². The van der Waals surface area contributed by atoms with E-state index < -0.39 is 0 Å². The van der Waals surface area contributed by atoms with Crippen molar-refractivity contribution in [3.63, 3.8) is 0 Å². The zero-order chi connectivity index (χ0) is 21.0. The first kappa shape index (κ1) is 20.6. The van der Waals surface area contributed by atoms with Crippen LogP contribution in [0.25, 0.3) is 16.9 Å². The van der Waals surface area contributed by atoms with Crippen LogP contribution in [0.15, 0.2) is 35.1 Å². The zero-order valence-corrected chi connectivity index (χ0v) is 17.4. The third-order valence-electron chi connectivity index (χ3n) is 4.92. The third-order valence-corrected chi connectivity index (χ3v) is 4.92. The Morgan fingerprint density at radius 3 is 2.55 bits per heavy atom. The van der Waals surface area contributed by atoms with E-state index in [0.717, 1.165) is 24.2 Å². The van der Waals surface area contributed by atoms with Crippen LogP contribution in [-0.4, -0.2) is 50.2 Å². The van der Waals surface area contributed by atoms with Gasteiger partial charge in [0, 0.05) is 24.7 Å². The highest BCUT2D eigenvalue weighted by atomic mass is 16.5. The molecule has 0 radical (unpaired) electrons. The monoisotopic (exact) mass is 397 g/mol. The number of aryl methyl sites for hydroxylation is 1. The van der Waals surface area contributed by atoms with Crippen molar-refractivity contribution in [2.45, 2.75) is 40.2 Å². The number of hydrogen-bond donors (Lipinski definition) is 0. The molecular weight excluding hydrogens is 370 g/mol. The van der Waals surface area contributed by atoms with Gasteiger partial charge in [-0.3, -0.25) is 4.79 Å². The number of carbonyl (C=O) groups is 1. The Kier molecular flexibility index (Phi) is 6.31. The molecule has 0 saturated carbocycles. The maximum atomic E-state index is 12.8. The fourth-order valence-electron chi connectivity index (χ4n) is 3.25. The van der Waals surface area contributed by atoms with Gasteiger partial charge in [-0.05, 0) is 44.5 Å². The summed E-state index contributed by atoms with van der Waals surface area (Å²) < 4.78 is 7.84. The Labute approximate surface area is 169 Å². The van der Waals surface area contributed by atoms with E-state index in [1.54, 1.807) is 25.0 Å². The number of hydrogen-bond acceptors (Lipinski definition) is 5. The number of carbonyl (C=O) groups excluding carboxylic acids is 1. The van der Waals surface area contributed by atoms with Crippen LogP contribution in [0.1, 0.15) is 32.5 Å². The third kappa shape index (κ3) is 4.31. The molecule has 0 aliphatic rings.